The maximum absolute atomic E-state index is 5.87. The van der Waals surface area contributed by atoms with Crippen molar-refractivity contribution in [1.29, 1.82) is 0 Å². The van der Waals surface area contributed by atoms with E-state index >= 15 is 0 Å². The highest BCUT2D eigenvalue weighted by Gasteiger charge is 2.30. The highest BCUT2D eigenvalue weighted by Crippen LogP contribution is 2.26. The minimum atomic E-state index is 0.173. The van der Waals surface area contributed by atoms with Crippen molar-refractivity contribution in [3.8, 4) is 0 Å². The fraction of sp³-hybridized carbons (Fsp3) is 0.636. The van der Waals surface area contributed by atoms with Crippen LogP contribution in [0.1, 0.15) is 31.9 Å². The SMILES string of the molecule is CCC1(C)COC(c2ccsc2)CN1. The van der Waals surface area contributed by atoms with E-state index in [1.165, 1.54) is 5.56 Å². The molecule has 1 fully saturated rings. The third kappa shape index (κ3) is 2.00. The van der Waals surface area contributed by atoms with Crippen LogP contribution in [-0.4, -0.2) is 18.7 Å². The summed E-state index contributed by atoms with van der Waals surface area (Å²) in [5.74, 6) is 0. The Morgan fingerprint density at radius 2 is 2.57 bits per heavy atom. The second kappa shape index (κ2) is 4.01. The number of morpholine rings is 1. The van der Waals surface area contributed by atoms with Gasteiger partial charge in [-0.1, -0.05) is 6.92 Å². The van der Waals surface area contributed by atoms with Crippen molar-refractivity contribution >= 4 is 11.3 Å². The minimum Gasteiger partial charge on any atom is -0.370 e. The molecule has 14 heavy (non-hydrogen) atoms. The molecule has 0 aliphatic carbocycles. The first-order valence-electron chi connectivity index (χ1n) is 5.12. The van der Waals surface area contributed by atoms with Gasteiger partial charge < -0.3 is 10.1 Å². The molecule has 3 heteroatoms. The van der Waals surface area contributed by atoms with Crippen LogP contribution in [0.15, 0.2) is 16.8 Å². The number of ether oxygens (including phenoxy) is 1. The topological polar surface area (TPSA) is 21.3 Å². The van der Waals surface area contributed by atoms with Gasteiger partial charge in [-0.3, -0.25) is 0 Å². The van der Waals surface area contributed by atoms with Crippen LogP contribution in [0, 0.1) is 0 Å². The van der Waals surface area contributed by atoms with Crippen LogP contribution in [0.25, 0.3) is 0 Å². The highest BCUT2D eigenvalue weighted by molar-refractivity contribution is 7.07. The Hall–Kier alpha value is -0.380. The second-order valence-corrected chi connectivity index (χ2v) is 4.93. The second-order valence-electron chi connectivity index (χ2n) is 4.15. The molecule has 0 bridgehead atoms. The van der Waals surface area contributed by atoms with Crippen LogP contribution >= 0.6 is 11.3 Å². The summed E-state index contributed by atoms with van der Waals surface area (Å²) in [5.41, 5.74) is 1.48. The quantitative estimate of drug-likeness (QED) is 0.812. The van der Waals surface area contributed by atoms with Crippen molar-refractivity contribution in [2.75, 3.05) is 13.2 Å². The van der Waals surface area contributed by atoms with Gasteiger partial charge in [-0.05, 0) is 35.7 Å². The Morgan fingerprint density at radius 1 is 1.71 bits per heavy atom. The molecule has 1 saturated heterocycles. The van der Waals surface area contributed by atoms with Gasteiger partial charge in [0.1, 0.15) is 0 Å². The molecule has 0 radical (unpaired) electrons. The van der Waals surface area contributed by atoms with Gasteiger partial charge in [0, 0.05) is 12.1 Å². The molecular weight excluding hydrogens is 194 g/mol. The molecule has 78 valence electrons. The smallest absolute Gasteiger partial charge is 0.0958 e. The van der Waals surface area contributed by atoms with E-state index in [0.29, 0.717) is 0 Å². The van der Waals surface area contributed by atoms with E-state index in [1.807, 2.05) is 0 Å². The van der Waals surface area contributed by atoms with Crippen LogP contribution in [0.2, 0.25) is 0 Å². The van der Waals surface area contributed by atoms with E-state index in [2.05, 4.69) is 36.0 Å². The Morgan fingerprint density at radius 3 is 3.07 bits per heavy atom. The molecule has 1 aromatic heterocycles. The van der Waals surface area contributed by atoms with Gasteiger partial charge in [0.05, 0.1) is 12.7 Å². The lowest BCUT2D eigenvalue weighted by molar-refractivity contribution is -0.0297. The van der Waals surface area contributed by atoms with Gasteiger partial charge in [0.25, 0.3) is 0 Å². The third-order valence-electron chi connectivity index (χ3n) is 3.01. The van der Waals surface area contributed by atoms with E-state index in [0.717, 1.165) is 19.6 Å². The van der Waals surface area contributed by atoms with Crippen LogP contribution in [0.3, 0.4) is 0 Å². The number of thiophene rings is 1. The standard InChI is InChI=1S/C11H17NOS/c1-3-11(2)8-13-10(6-12-11)9-4-5-14-7-9/h4-5,7,10,12H,3,6,8H2,1-2H3. The predicted molar refractivity (Wildman–Crippen MR) is 59.7 cm³/mol. The average molecular weight is 211 g/mol. The summed E-state index contributed by atoms with van der Waals surface area (Å²) in [6.45, 7) is 6.16. The lowest BCUT2D eigenvalue weighted by Crippen LogP contribution is -2.52. The molecule has 2 nitrogen and oxygen atoms in total. The lowest BCUT2D eigenvalue weighted by Gasteiger charge is -2.38. The van der Waals surface area contributed by atoms with E-state index in [9.17, 15) is 0 Å². The zero-order valence-corrected chi connectivity index (χ0v) is 9.56. The first-order chi connectivity index (χ1) is 6.73. The van der Waals surface area contributed by atoms with Gasteiger partial charge >= 0.3 is 0 Å². The minimum absolute atomic E-state index is 0.173. The highest BCUT2D eigenvalue weighted by atomic mass is 32.1. The molecule has 2 unspecified atom stereocenters. The van der Waals surface area contributed by atoms with Gasteiger partial charge in [-0.25, -0.2) is 0 Å². The fourth-order valence-electron chi connectivity index (χ4n) is 1.63. The molecule has 0 spiro atoms. The summed E-state index contributed by atoms with van der Waals surface area (Å²) >= 11 is 1.73. The molecule has 0 aromatic carbocycles. The van der Waals surface area contributed by atoms with Crippen LogP contribution in [0.5, 0.6) is 0 Å². The van der Waals surface area contributed by atoms with Crippen molar-refractivity contribution in [3.05, 3.63) is 22.4 Å². The zero-order chi connectivity index (χ0) is 10.0. The van der Waals surface area contributed by atoms with Crippen LogP contribution < -0.4 is 5.32 Å². The fourth-order valence-corrected chi connectivity index (χ4v) is 2.33. The normalized spacial score (nSPS) is 33.1. The molecule has 1 aromatic rings. The molecule has 1 aliphatic heterocycles. The molecular formula is C11H17NOS. The maximum atomic E-state index is 5.87. The van der Waals surface area contributed by atoms with E-state index in [-0.39, 0.29) is 11.6 Å². The average Bonchev–Trinajstić information content (AvgIpc) is 2.72. The lowest BCUT2D eigenvalue weighted by atomic mass is 9.97. The van der Waals surface area contributed by atoms with Crippen molar-refractivity contribution in [2.45, 2.75) is 31.9 Å². The Bertz CT molecular complexity index is 275. The number of nitrogens with one attached hydrogen (secondary N) is 1. The summed E-state index contributed by atoms with van der Waals surface area (Å²) < 4.78 is 5.87. The summed E-state index contributed by atoms with van der Waals surface area (Å²) in [5, 5.41) is 7.83. The summed E-state index contributed by atoms with van der Waals surface area (Å²) in [7, 11) is 0. The van der Waals surface area contributed by atoms with Crippen molar-refractivity contribution < 1.29 is 4.74 Å². The number of rotatable bonds is 2. The summed E-state index contributed by atoms with van der Waals surface area (Å²) in [6.07, 6.45) is 1.37. The largest absolute Gasteiger partial charge is 0.370 e. The Kier molecular flexibility index (Phi) is 2.91. The summed E-state index contributed by atoms with van der Waals surface area (Å²) in [6, 6.07) is 2.14. The van der Waals surface area contributed by atoms with Crippen LogP contribution in [0.4, 0.5) is 0 Å². The third-order valence-corrected chi connectivity index (χ3v) is 3.71. The van der Waals surface area contributed by atoms with Crippen molar-refractivity contribution in [1.82, 2.24) is 5.32 Å². The molecule has 0 amide bonds. The van der Waals surface area contributed by atoms with Crippen molar-refractivity contribution in [3.63, 3.8) is 0 Å². The monoisotopic (exact) mass is 211 g/mol. The van der Waals surface area contributed by atoms with Gasteiger partial charge in [0.15, 0.2) is 0 Å². The zero-order valence-electron chi connectivity index (χ0n) is 8.75. The van der Waals surface area contributed by atoms with Gasteiger partial charge in [-0.2, -0.15) is 11.3 Å². The van der Waals surface area contributed by atoms with Crippen molar-refractivity contribution in [2.24, 2.45) is 0 Å². The molecule has 2 atom stereocenters. The molecule has 2 rings (SSSR count). The molecule has 0 saturated carbocycles. The predicted octanol–water partition coefficient (Wildman–Crippen LogP) is 2.58. The number of hydrogen-bond acceptors (Lipinski definition) is 3. The maximum Gasteiger partial charge on any atom is 0.0958 e. The van der Waals surface area contributed by atoms with E-state index in [1.54, 1.807) is 11.3 Å². The number of hydrogen-bond donors (Lipinski definition) is 1. The van der Waals surface area contributed by atoms with E-state index in [4.69, 9.17) is 4.74 Å². The molecule has 1 N–H and O–H groups in total. The Balaban J connectivity index is 1.97. The Labute approximate surface area is 89.3 Å². The van der Waals surface area contributed by atoms with E-state index < -0.39 is 0 Å². The van der Waals surface area contributed by atoms with Gasteiger partial charge in [0.2, 0.25) is 0 Å². The first-order valence-corrected chi connectivity index (χ1v) is 6.06. The molecule has 1 aliphatic rings. The first kappa shape index (κ1) is 10.1. The van der Waals surface area contributed by atoms with Crippen LogP contribution in [-0.2, 0) is 4.74 Å². The summed E-state index contributed by atoms with van der Waals surface area (Å²) in [4.78, 5) is 0. The molecule has 2 heterocycles. The van der Waals surface area contributed by atoms with Gasteiger partial charge in [-0.15, -0.1) is 0 Å².